The second-order valence-corrected chi connectivity index (χ2v) is 5.66. The number of amides is 1. The monoisotopic (exact) mass is 329 g/mol. The number of aryl methyl sites for hydroxylation is 1. The van der Waals surface area contributed by atoms with Crippen molar-refractivity contribution >= 4 is 34.2 Å². The topological polar surface area (TPSA) is 58.2 Å². The van der Waals surface area contributed by atoms with E-state index < -0.39 is 0 Å². The molecule has 3 aromatic rings. The van der Waals surface area contributed by atoms with Crippen molar-refractivity contribution in [1.82, 2.24) is 9.97 Å². The first kappa shape index (κ1) is 15.4. The Balaban J connectivity index is 1.70. The van der Waals surface area contributed by atoms with Gasteiger partial charge in [0.15, 0.2) is 6.61 Å². The molecule has 0 saturated heterocycles. The van der Waals surface area contributed by atoms with Crippen LogP contribution in [-0.2, 0) is 4.79 Å². The number of carbonyl (C=O) groups is 1. The molecule has 6 heteroatoms. The molecule has 0 unspecified atom stereocenters. The van der Waals surface area contributed by atoms with Crippen molar-refractivity contribution in [1.29, 1.82) is 0 Å². The van der Waals surface area contributed by atoms with Gasteiger partial charge in [-0.15, -0.1) is 0 Å². The zero-order valence-electron chi connectivity index (χ0n) is 12.8. The zero-order valence-corrected chi connectivity index (χ0v) is 13.6. The van der Waals surface area contributed by atoms with Crippen molar-refractivity contribution in [3.05, 3.63) is 53.3 Å². The van der Waals surface area contributed by atoms with Crippen LogP contribution in [0.25, 0.3) is 11.0 Å². The highest BCUT2D eigenvalue weighted by Crippen LogP contribution is 2.21. The number of benzene rings is 2. The lowest BCUT2D eigenvalue weighted by Crippen LogP contribution is -2.31. The van der Waals surface area contributed by atoms with Crippen molar-refractivity contribution < 1.29 is 9.53 Å². The fourth-order valence-corrected chi connectivity index (χ4v) is 2.46. The van der Waals surface area contributed by atoms with Crippen LogP contribution < -0.4 is 9.64 Å². The number of anilines is 1. The molecular weight excluding hydrogens is 314 g/mol. The SMILES string of the molecule is Cc1nc2ccc(N(C)C(=O)COc3cccc(Cl)c3)cc2[nH]1. The van der Waals surface area contributed by atoms with Crippen LogP contribution in [0.1, 0.15) is 5.82 Å². The van der Waals surface area contributed by atoms with Crippen LogP contribution in [0.4, 0.5) is 5.69 Å². The number of nitrogens with one attached hydrogen (secondary N) is 1. The quantitative estimate of drug-likeness (QED) is 0.796. The molecular formula is C17H16ClN3O2. The Hall–Kier alpha value is -2.53. The summed E-state index contributed by atoms with van der Waals surface area (Å²) in [5, 5.41) is 0.573. The highest BCUT2D eigenvalue weighted by molar-refractivity contribution is 6.30. The van der Waals surface area contributed by atoms with Gasteiger partial charge in [0, 0.05) is 17.8 Å². The number of aromatic amines is 1. The highest BCUT2D eigenvalue weighted by atomic mass is 35.5. The van der Waals surface area contributed by atoms with Gasteiger partial charge in [-0.25, -0.2) is 4.98 Å². The summed E-state index contributed by atoms with van der Waals surface area (Å²) in [4.78, 5) is 21.3. The number of ether oxygens (including phenoxy) is 1. The van der Waals surface area contributed by atoms with Crippen LogP contribution in [-0.4, -0.2) is 29.5 Å². The molecule has 0 bridgehead atoms. The van der Waals surface area contributed by atoms with Crippen LogP contribution >= 0.6 is 11.6 Å². The molecule has 1 amide bonds. The summed E-state index contributed by atoms with van der Waals surface area (Å²) in [5.41, 5.74) is 2.55. The number of H-pyrrole nitrogens is 1. The first-order valence-corrected chi connectivity index (χ1v) is 7.52. The predicted octanol–water partition coefficient (Wildman–Crippen LogP) is 3.57. The number of hydrogen-bond acceptors (Lipinski definition) is 3. The number of carbonyl (C=O) groups excluding carboxylic acids is 1. The molecule has 1 N–H and O–H groups in total. The fraction of sp³-hybridized carbons (Fsp3) is 0.176. The molecule has 23 heavy (non-hydrogen) atoms. The van der Waals surface area contributed by atoms with Crippen molar-refractivity contribution in [3.63, 3.8) is 0 Å². The Morgan fingerprint density at radius 1 is 1.30 bits per heavy atom. The van der Waals surface area contributed by atoms with E-state index in [0.717, 1.165) is 22.5 Å². The summed E-state index contributed by atoms with van der Waals surface area (Å²) in [7, 11) is 1.72. The third-order valence-corrected chi connectivity index (χ3v) is 3.74. The number of likely N-dealkylation sites (N-methyl/N-ethyl adjacent to an activating group) is 1. The van der Waals surface area contributed by atoms with E-state index in [9.17, 15) is 4.79 Å². The van der Waals surface area contributed by atoms with E-state index in [1.807, 2.05) is 25.1 Å². The van der Waals surface area contributed by atoms with E-state index in [1.54, 1.807) is 36.2 Å². The summed E-state index contributed by atoms with van der Waals surface area (Å²) in [6.45, 7) is 1.84. The maximum atomic E-state index is 12.3. The number of aromatic nitrogens is 2. The molecule has 0 aliphatic carbocycles. The van der Waals surface area contributed by atoms with Gasteiger partial charge in [0.25, 0.3) is 5.91 Å². The standard InChI is InChI=1S/C17H16ClN3O2/c1-11-19-15-7-6-13(9-16(15)20-11)21(2)17(22)10-23-14-5-3-4-12(18)8-14/h3-9H,10H2,1-2H3,(H,19,20). The second kappa shape index (κ2) is 6.30. The van der Waals surface area contributed by atoms with E-state index >= 15 is 0 Å². The molecule has 5 nitrogen and oxygen atoms in total. The van der Waals surface area contributed by atoms with Gasteiger partial charge in [0.1, 0.15) is 11.6 Å². The molecule has 0 saturated carbocycles. The Labute approximate surface area is 138 Å². The first-order chi connectivity index (χ1) is 11.0. The lowest BCUT2D eigenvalue weighted by molar-refractivity contribution is -0.120. The van der Waals surface area contributed by atoms with Crippen molar-refractivity contribution in [2.45, 2.75) is 6.92 Å². The number of rotatable bonds is 4. The normalized spacial score (nSPS) is 10.7. The van der Waals surface area contributed by atoms with Gasteiger partial charge in [-0.2, -0.15) is 0 Å². The Kier molecular flexibility index (Phi) is 4.21. The van der Waals surface area contributed by atoms with Gasteiger partial charge in [0.2, 0.25) is 0 Å². The van der Waals surface area contributed by atoms with E-state index in [0.29, 0.717) is 10.8 Å². The smallest absolute Gasteiger partial charge is 0.264 e. The van der Waals surface area contributed by atoms with Gasteiger partial charge in [-0.1, -0.05) is 17.7 Å². The number of imidazole rings is 1. The van der Waals surface area contributed by atoms with Gasteiger partial charge < -0.3 is 14.6 Å². The molecule has 0 aliphatic rings. The van der Waals surface area contributed by atoms with Crippen molar-refractivity contribution in [2.75, 3.05) is 18.6 Å². The number of halogens is 1. The van der Waals surface area contributed by atoms with Crippen LogP contribution in [0.2, 0.25) is 5.02 Å². The van der Waals surface area contributed by atoms with E-state index in [2.05, 4.69) is 9.97 Å². The minimum Gasteiger partial charge on any atom is -0.484 e. The molecule has 1 aromatic heterocycles. The number of fused-ring (bicyclic) bond motifs is 1. The van der Waals surface area contributed by atoms with Gasteiger partial charge >= 0.3 is 0 Å². The minimum absolute atomic E-state index is 0.0586. The molecule has 118 valence electrons. The molecule has 0 spiro atoms. The maximum Gasteiger partial charge on any atom is 0.264 e. The van der Waals surface area contributed by atoms with Crippen molar-refractivity contribution in [2.24, 2.45) is 0 Å². The largest absolute Gasteiger partial charge is 0.484 e. The summed E-state index contributed by atoms with van der Waals surface area (Å²) in [6, 6.07) is 12.6. The molecule has 1 heterocycles. The average molecular weight is 330 g/mol. The minimum atomic E-state index is -0.152. The molecule has 2 aromatic carbocycles. The average Bonchev–Trinajstić information content (AvgIpc) is 2.91. The van der Waals surface area contributed by atoms with Crippen LogP contribution in [0.15, 0.2) is 42.5 Å². The molecule has 0 aliphatic heterocycles. The zero-order chi connectivity index (χ0) is 16.4. The van der Waals surface area contributed by atoms with Crippen LogP contribution in [0.5, 0.6) is 5.75 Å². The summed E-state index contributed by atoms with van der Waals surface area (Å²) in [6.07, 6.45) is 0. The number of nitrogens with zero attached hydrogens (tertiary/aromatic N) is 2. The summed E-state index contributed by atoms with van der Waals surface area (Å²) >= 11 is 5.89. The fourth-order valence-electron chi connectivity index (χ4n) is 2.28. The molecule has 0 radical (unpaired) electrons. The van der Waals surface area contributed by atoms with Gasteiger partial charge in [-0.05, 0) is 43.3 Å². The first-order valence-electron chi connectivity index (χ1n) is 7.14. The Morgan fingerprint density at radius 2 is 2.13 bits per heavy atom. The third kappa shape index (κ3) is 3.46. The molecule has 0 fully saturated rings. The maximum absolute atomic E-state index is 12.3. The second-order valence-electron chi connectivity index (χ2n) is 5.22. The highest BCUT2D eigenvalue weighted by Gasteiger charge is 2.13. The van der Waals surface area contributed by atoms with Crippen molar-refractivity contribution in [3.8, 4) is 5.75 Å². The Morgan fingerprint density at radius 3 is 2.91 bits per heavy atom. The molecule has 3 rings (SSSR count). The Bertz CT molecular complexity index is 860. The van der Waals surface area contributed by atoms with E-state index in [1.165, 1.54) is 0 Å². The van der Waals surface area contributed by atoms with Gasteiger partial charge in [0.05, 0.1) is 11.0 Å². The van der Waals surface area contributed by atoms with Gasteiger partial charge in [-0.3, -0.25) is 4.79 Å². The van der Waals surface area contributed by atoms with Crippen LogP contribution in [0, 0.1) is 6.92 Å². The van der Waals surface area contributed by atoms with E-state index in [4.69, 9.17) is 16.3 Å². The van der Waals surface area contributed by atoms with E-state index in [-0.39, 0.29) is 12.5 Å². The predicted molar refractivity (Wildman–Crippen MR) is 91.2 cm³/mol. The summed E-state index contributed by atoms with van der Waals surface area (Å²) < 4.78 is 5.49. The third-order valence-electron chi connectivity index (χ3n) is 3.50. The molecule has 0 atom stereocenters. The van der Waals surface area contributed by atoms with Crippen LogP contribution in [0.3, 0.4) is 0 Å². The summed E-state index contributed by atoms with van der Waals surface area (Å²) in [5.74, 6) is 1.26. The lowest BCUT2D eigenvalue weighted by Gasteiger charge is -2.17. The number of hydrogen-bond donors (Lipinski definition) is 1. The lowest BCUT2D eigenvalue weighted by atomic mass is 10.2.